The first kappa shape index (κ1) is 13.7. The van der Waals surface area contributed by atoms with E-state index in [0.717, 1.165) is 25.3 Å². The molecule has 3 aliphatic carbocycles. The molecule has 5 heteroatoms. The molecule has 0 aliphatic heterocycles. The Bertz CT molecular complexity index is 429. The first-order valence-electron chi connectivity index (χ1n) is 7.74. The van der Waals surface area contributed by atoms with Crippen LogP contribution < -0.4 is 10.6 Å². The van der Waals surface area contributed by atoms with Gasteiger partial charge in [-0.2, -0.15) is 0 Å². The molecule has 0 aromatic rings. The maximum Gasteiger partial charge on any atom is 0.315 e. The van der Waals surface area contributed by atoms with Crippen molar-refractivity contribution in [2.24, 2.45) is 16.7 Å². The van der Waals surface area contributed by atoms with Gasteiger partial charge in [0, 0.05) is 12.6 Å². The zero-order valence-electron chi connectivity index (χ0n) is 12.1. The Hall–Kier alpha value is -1.26. The highest BCUT2D eigenvalue weighted by Crippen LogP contribution is 2.60. The third-order valence-electron chi connectivity index (χ3n) is 5.69. The Morgan fingerprint density at radius 3 is 2.45 bits per heavy atom. The Morgan fingerprint density at radius 1 is 1.20 bits per heavy atom. The van der Waals surface area contributed by atoms with Crippen LogP contribution in [0.1, 0.15) is 51.9 Å². The molecule has 2 atom stereocenters. The summed E-state index contributed by atoms with van der Waals surface area (Å²) in [4.78, 5) is 23.4. The number of urea groups is 1. The number of aliphatic carboxylic acids is 1. The van der Waals surface area contributed by atoms with Gasteiger partial charge in [-0.1, -0.05) is 6.42 Å². The van der Waals surface area contributed by atoms with Crippen LogP contribution in [0.3, 0.4) is 0 Å². The zero-order valence-corrected chi connectivity index (χ0v) is 12.1. The molecule has 0 saturated heterocycles. The van der Waals surface area contributed by atoms with Crippen LogP contribution >= 0.6 is 0 Å². The van der Waals surface area contributed by atoms with Gasteiger partial charge in [-0.05, 0) is 56.8 Å². The molecule has 0 spiro atoms. The molecule has 3 rings (SSSR count). The molecule has 0 aromatic heterocycles. The minimum atomic E-state index is -0.814. The summed E-state index contributed by atoms with van der Waals surface area (Å²) in [6.45, 7) is 2.49. The highest BCUT2D eigenvalue weighted by Gasteiger charge is 2.53. The Labute approximate surface area is 119 Å². The van der Waals surface area contributed by atoms with Crippen LogP contribution in [0.2, 0.25) is 0 Å². The lowest BCUT2D eigenvalue weighted by Gasteiger charge is -2.28. The van der Waals surface area contributed by atoms with E-state index in [1.807, 2.05) is 0 Å². The molecule has 20 heavy (non-hydrogen) atoms. The van der Waals surface area contributed by atoms with Gasteiger partial charge in [0.05, 0.1) is 5.41 Å². The maximum atomic E-state index is 12.0. The zero-order chi connectivity index (χ0) is 14.4. The summed E-state index contributed by atoms with van der Waals surface area (Å²) in [6, 6.07) is -0.452. The van der Waals surface area contributed by atoms with E-state index < -0.39 is 11.4 Å². The molecule has 0 radical (unpaired) electrons. The SMILES string of the molecule is CC1(C(=O)O)CCCC1NC(=O)NCC1(C2CC2)CC1. The van der Waals surface area contributed by atoms with Gasteiger partial charge in [-0.15, -0.1) is 0 Å². The third kappa shape index (κ3) is 2.38. The molecule has 3 fully saturated rings. The highest BCUT2D eigenvalue weighted by molar-refractivity contribution is 5.79. The number of nitrogens with one attached hydrogen (secondary N) is 2. The second-order valence-corrected chi connectivity index (χ2v) is 7.13. The van der Waals surface area contributed by atoms with Gasteiger partial charge in [-0.3, -0.25) is 4.79 Å². The van der Waals surface area contributed by atoms with Crippen LogP contribution in [-0.2, 0) is 4.79 Å². The van der Waals surface area contributed by atoms with Crippen LogP contribution in [0.15, 0.2) is 0 Å². The second-order valence-electron chi connectivity index (χ2n) is 7.13. The molecule has 0 aromatic carbocycles. The van der Waals surface area contributed by atoms with Gasteiger partial charge in [0.1, 0.15) is 0 Å². The number of carbonyl (C=O) groups is 2. The van der Waals surface area contributed by atoms with Crippen molar-refractivity contribution >= 4 is 12.0 Å². The van der Waals surface area contributed by atoms with E-state index in [9.17, 15) is 14.7 Å². The number of carboxylic acid groups (broad SMARTS) is 1. The van der Waals surface area contributed by atoms with E-state index in [-0.39, 0.29) is 12.1 Å². The van der Waals surface area contributed by atoms with Gasteiger partial charge >= 0.3 is 12.0 Å². The van der Waals surface area contributed by atoms with E-state index >= 15 is 0 Å². The Morgan fingerprint density at radius 2 is 1.90 bits per heavy atom. The van der Waals surface area contributed by atoms with Gasteiger partial charge in [0.2, 0.25) is 0 Å². The fourth-order valence-electron chi connectivity index (χ4n) is 3.70. The van der Waals surface area contributed by atoms with Crippen molar-refractivity contribution in [3.63, 3.8) is 0 Å². The predicted molar refractivity (Wildman–Crippen MR) is 74.3 cm³/mol. The molecule has 5 nitrogen and oxygen atoms in total. The van der Waals surface area contributed by atoms with Crippen molar-refractivity contribution in [3.05, 3.63) is 0 Å². The molecule has 0 heterocycles. The molecule has 3 aliphatic rings. The van der Waals surface area contributed by atoms with Crippen LogP contribution in [-0.4, -0.2) is 29.7 Å². The average molecular weight is 280 g/mol. The van der Waals surface area contributed by atoms with E-state index in [0.29, 0.717) is 11.8 Å². The first-order valence-corrected chi connectivity index (χ1v) is 7.74. The van der Waals surface area contributed by atoms with Crippen molar-refractivity contribution in [2.45, 2.75) is 57.9 Å². The minimum Gasteiger partial charge on any atom is -0.481 e. The Balaban J connectivity index is 1.50. The molecule has 112 valence electrons. The first-order chi connectivity index (χ1) is 9.46. The van der Waals surface area contributed by atoms with E-state index in [1.54, 1.807) is 6.92 Å². The lowest BCUT2D eigenvalue weighted by atomic mass is 9.85. The highest BCUT2D eigenvalue weighted by atomic mass is 16.4. The Kier molecular flexibility index (Phi) is 3.18. The van der Waals surface area contributed by atoms with Gasteiger partial charge in [-0.25, -0.2) is 4.79 Å². The van der Waals surface area contributed by atoms with Crippen LogP contribution in [0.25, 0.3) is 0 Å². The second kappa shape index (κ2) is 4.64. The van der Waals surface area contributed by atoms with Crippen molar-refractivity contribution in [2.75, 3.05) is 6.54 Å². The van der Waals surface area contributed by atoms with Gasteiger partial charge < -0.3 is 15.7 Å². The molecule has 2 amide bonds. The summed E-state index contributed by atoms with van der Waals surface area (Å²) < 4.78 is 0. The van der Waals surface area contributed by atoms with E-state index in [4.69, 9.17) is 0 Å². The van der Waals surface area contributed by atoms with Crippen LogP contribution in [0, 0.1) is 16.7 Å². The van der Waals surface area contributed by atoms with Crippen molar-refractivity contribution < 1.29 is 14.7 Å². The lowest BCUT2D eigenvalue weighted by molar-refractivity contribution is -0.148. The predicted octanol–water partition coefficient (Wildman–Crippen LogP) is 2.12. The fraction of sp³-hybridized carbons (Fsp3) is 0.867. The normalized spacial score (nSPS) is 34.5. The topological polar surface area (TPSA) is 78.4 Å². The number of hydrogen-bond donors (Lipinski definition) is 3. The fourth-order valence-corrected chi connectivity index (χ4v) is 3.70. The summed E-state index contributed by atoms with van der Waals surface area (Å²) in [6.07, 6.45) is 7.33. The largest absolute Gasteiger partial charge is 0.481 e. The quantitative estimate of drug-likeness (QED) is 0.721. The van der Waals surface area contributed by atoms with Crippen molar-refractivity contribution in [3.8, 4) is 0 Å². The summed E-state index contributed by atoms with van der Waals surface area (Å²) in [5.74, 6) is 0.00973. The number of hydrogen-bond acceptors (Lipinski definition) is 2. The lowest BCUT2D eigenvalue weighted by Crippen LogP contribution is -2.51. The smallest absolute Gasteiger partial charge is 0.315 e. The summed E-state index contributed by atoms with van der Waals surface area (Å²) in [5, 5.41) is 15.2. The molecule has 0 bridgehead atoms. The van der Waals surface area contributed by atoms with Gasteiger partial charge in [0.15, 0.2) is 0 Å². The van der Waals surface area contributed by atoms with Crippen LogP contribution in [0.4, 0.5) is 4.79 Å². The van der Waals surface area contributed by atoms with E-state index in [1.165, 1.54) is 25.7 Å². The summed E-state index contributed by atoms with van der Waals surface area (Å²) >= 11 is 0. The minimum absolute atomic E-state index is 0.198. The molecule has 3 saturated carbocycles. The van der Waals surface area contributed by atoms with Crippen molar-refractivity contribution in [1.82, 2.24) is 10.6 Å². The monoisotopic (exact) mass is 280 g/mol. The number of amides is 2. The molecule has 2 unspecified atom stereocenters. The van der Waals surface area contributed by atoms with Crippen LogP contribution in [0.5, 0.6) is 0 Å². The maximum absolute atomic E-state index is 12.0. The average Bonchev–Trinajstić information content (AvgIpc) is 3.28. The standard InChI is InChI=1S/C15H24N2O3/c1-14(12(18)19)6-2-3-11(14)17-13(20)16-9-15(7-8-15)10-4-5-10/h10-11H,2-9H2,1H3,(H,18,19)(H2,16,17,20). The summed E-state index contributed by atoms with van der Waals surface area (Å²) in [7, 11) is 0. The van der Waals surface area contributed by atoms with Crippen molar-refractivity contribution in [1.29, 1.82) is 0 Å². The summed E-state index contributed by atoms with van der Waals surface area (Å²) in [5.41, 5.74) is -0.436. The number of carbonyl (C=O) groups excluding carboxylic acids is 1. The van der Waals surface area contributed by atoms with E-state index in [2.05, 4.69) is 10.6 Å². The molecular weight excluding hydrogens is 256 g/mol. The number of rotatable bonds is 5. The number of carboxylic acids is 1. The van der Waals surface area contributed by atoms with Gasteiger partial charge in [0.25, 0.3) is 0 Å². The molecular formula is C15H24N2O3. The molecule has 3 N–H and O–H groups in total. The third-order valence-corrected chi connectivity index (χ3v) is 5.69.